The van der Waals surface area contributed by atoms with Crippen LogP contribution >= 0.6 is 0 Å². The number of hydrogen-bond donors (Lipinski definition) is 1. The van der Waals surface area contributed by atoms with E-state index in [1.165, 1.54) is 36.9 Å². The van der Waals surface area contributed by atoms with Crippen LogP contribution in [0.3, 0.4) is 0 Å². The maximum Gasteiger partial charge on any atom is 0.119 e. The van der Waals surface area contributed by atoms with E-state index in [9.17, 15) is 0 Å². The fourth-order valence-corrected chi connectivity index (χ4v) is 4.09. The predicted molar refractivity (Wildman–Crippen MR) is 86.6 cm³/mol. The summed E-state index contributed by atoms with van der Waals surface area (Å²) in [6.07, 6.45) is 4.96. The van der Waals surface area contributed by atoms with Crippen LogP contribution in [0.4, 0.5) is 0 Å². The van der Waals surface area contributed by atoms with Crippen molar-refractivity contribution in [2.75, 3.05) is 13.7 Å². The van der Waals surface area contributed by atoms with Crippen LogP contribution in [0.2, 0.25) is 0 Å². The van der Waals surface area contributed by atoms with Crippen molar-refractivity contribution in [3.63, 3.8) is 0 Å². The molecule has 0 aromatic heterocycles. The fraction of sp³-hybridized carbons (Fsp3) is 0.667. The SMILES string of the molecule is COc1ccc2c(c1)C(N)C(N1CC(C)CCC1C)CC2. The quantitative estimate of drug-likeness (QED) is 0.908. The molecule has 4 unspecified atom stereocenters. The van der Waals surface area contributed by atoms with Gasteiger partial charge in [0.15, 0.2) is 0 Å². The molecule has 2 aliphatic rings. The summed E-state index contributed by atoms with van der Waals surface area (Å²) in [5.41, 5.74) is 9.34. The number of nitrogens with two attached hydrogens (primary N) is 1. The Morgan fingerprint density at radius 3 is 2.76 bits per heavy atom. The summed E-state index contributed by atoms with van der Waals surface area (Å²) in [7, 11) is 1.72. The summed E-state index contributed by atoms with van der Waals surface area (Å²) in [6, 6.07) is 7.62. The average molecular weight is 288 g/mol. The molecule has 116 valence electrons. The Morgan fingerprint density at radius 2 is 2.00 bits per heavy atom. The zero-order chi connectivity index (χ0) is 15.0. The molecule has 0 spiro atoms. The summed E-state index contributed by atoms with van der Waals surface area (Å²) in [4.78, 5) is 2.67. The summed E-state index contributed by atoms with van der Waals surface area (Å²) >= 11 is 0. The second-order valence-corrected chi connectivity index (χ2v) is 6.92. The van der Waals surface area contributed by atoms with Crippen LogP contribution in [-0.2, 0) is 6.42 Å². The minimum atomic E-state index is 0.108. The molecule has 4 atom stereocenters. The van der Waals surface area contributed by atoms with Crippen molar-refractivity contribution in [3.8, 4) is 5.75 Å². The fourth-order valence-electron chi connectivity index (χ4n) is 4.09. The van der Waals surface area contributed by atoms with Crippen LogP contribution in [0.5, 0.6) is 5.75 Å². The summed E-state index contributed by atoms with van der Waals surface area (Å²) in [6.45, 7) is 5.92. The highest BCUT2D eigenvalue weighted by molar-refractivity contribution is 5.40. The number of hydrogen-bond acceptors (Lipinski definition) is 3. The first-order valence-electron chi connectivity index (χ1n) is 8.28. The molecule has 3 nitrogen and oxygen atoms in total. The monoisotopic (exact) mass is 288 g/mol. The molecule has 1 aliphatic heterocycles. The van der Waals surface area contributed by atoms with E-state index in [-0.39, 0.29) is 6.04 Å². The number of benzene rings is 1. The van der Waals surface area contributed by atoms with Crippen LogP contribution in [0, 0.1) is 5.92 Å². The lowest BCUT2D eigenvalue weighted by Crippen LogP contribution is -2.52. The van der Waals surface area contributed by atoms with Gasteiger partial charge in [0.2, 0.25) is 0 Å². The van der Waals surface area contributed by atoms with Gasteiger partial charge in [0, 0.05) is 24.7 Å². The molecule has 3 rings (SSSR count). The molecule has 3 heteroatoms. The molecule has 2 N–H and O–H groups in total. The van der Waals surface area contributed by atoms with Gasteiger partial charge >= 0.3 is 0 Å². The van der Waals surface area contributed by atoms with Gasteiger partial charge in [0.05, 0.1) is 7.11 Å². The van der Waals surface area contributed by atoms with E-state index in [1.807, 2.05) is 0 Å². The number of nitrogens with zero attached hydrogens (tertiary/aromatic N) is 1. The molecule has 1 heterocycles. The number of methoxy groups -OCH3 is 1. The molecule has 1 aliphatic carbocycles. The molecule has 0 bridgehead atoms. The highest BCUT2D eigenvalue weighted by Gasteiger charge is 2.36. The summed E-state index contributed by atoms with van der Waals surface area (Å²) < 4.78 is 5.38. The smallest absolute Gasteiger partial charge is 0.119 e. The summed E-state index contributed by atoms with van der Waals surface area (Å²) in [5.74, 6) is 1.71. The molecule has 1 aromatic rings. The Bertz CT molecular complexity index is 502. The van der Waals surface area contributed by atoms with Crippen LogP contribution in [0.15, 0.2) is 18.2 Å². The first-order chi connectivity index (χ1) is 10.1. The van der Waals surface area contributed by atoms with Gasteiger partial charge in [-0.1, -0.05) is 13.0 Å². The van der Waals surface area contributed by atoms with Crippen molar-refractivity contribution in [1.82, 2.24) is 4.90 Å². The van der Waals surface area contributed by atoms with Crippen molar-refractivity contribution in [2.45, 2.75) is 57.7 Å². The van der Waals surface area contributed by atoms with E-state index >= 15 is 0 Å². The zero-order valence-electron chi connectivity index (χ0n) is 13.5. The Labute approximate surface area is 128 Å². The van der Waals surface area contributed by atoms with Gasteiger partial charge in [-0.15, -0.1) is 0 Å². The lowest BCUT2D eigenvalue weighted by atomic mass is 9.81. The standard InChI is InChI=1S/C18H28N2O/c1-12-4-5-13(2)20(11-12)17-9-7-14-6-8-15(21-3)10-16(14)18(17)19/h6,8,10,12-13,17-18H,4-5,7,9,11,19H2,1-3H3. The van der Waals surface area contributed by atoms with Crippen LogP contribution < -0.4 is 10.5 Å². The highest BCUT2D eigenvalue weighted by Crippen LogP contribution is 2.36. The minimum Gasteiger partial charge on any atom is -0.497 e. The third kappa shape index (κ3) is 2.82. The van der Waals surface area contributed by atoms with Crippen molar-refractivity contribution < 1.29 is 4.74 Å². The van der Waals surface area contributed by atoms with Crippen molar-refractivity contribution >= 4 is 0 Å². The molecule has 0 saturated carbocycles. The van der Waals surface area contributed by atoms with Crippen molar-refractivity contribution in [2.24, 2.45) is 11.7 Å². The van der Waals surface area contributed by atoms with Gasteiger partial charge in [0.1, 0.15) is 5.75 Å². The minimum absolute atomic E-state index is 0.108. The zero-order valence-corrected chi connectivity index (χ0v) is 13.5. The highest BCUT2D eigenvalue weighted by atomic mass is 16.5. The molecule has 1 aromatic carbocycles. The van der Waals surface area contributed by atoms with Crippen LogP contribution in [-0.4, -0.2) is 30.6 Å². The van der Waals surface area contributed by atoms with Gasteiger partial charge in [-0.25, -0.2) is 0 Å². The van der Waals surface area contributed by atoms with Crippen LogP contribution in [0.25, 0.3) is 0 Å². The van der Waals surface area contributed by atoms with E-state index in [4.69, 9.17) is 10.5 Å². The van der Waals surface area contributed by atoms with Gasteiger partial charge in [-0.05, 0) is 61.8 Å². The number of rotatable bonds is 2. The summed E-state index contributed by atoms with van der Waals surface area (Å²) in [5, 5.41) is 0. The van der Waals surface area contributed by atoms with Gasteiger partial charge < -0.3 is 10.5 Å². The van der Waals surface area contributed by atoms with Gasteiger partial charge in [-0.3, -0.25) is 4.90 Å². The maximum atomic E-state index is 6.66. The maximum absolute atomic E-state index is 6.66. The largest absolute Gasteiger partial charge is 0.497 e. The number of likely N-dealkylation sites (tertiary alicyclic amines) is 1. The molecule has 21 heavy (non-hydrogen) atoms. The molecule has 1 saturated heterocycles. The van der Waals surface area contributed by atoms with Crippen molar-refractivity contribution in [3.05, 3.63) is 29.3 Å². The molecule has 0 amide bonds. The van der Waals surface area contributed by atoms with E-state index in [1.54, 1.807) is 7.11 Å². The molecular formula is C18H28N2O. The normalized spacial score (nSPS) is 33.5. The molecule has 0 radical (unpaired) electrons. The second-order valence-electron chi connectivity index (χ2n) is 6.92. The average Bonchev–Trinajstić information content (AvgIpc) is 2.50. The Hall–Kier alpha value is -1.06. The van der Waals surface area contributed by atoms with Crippen LogP contribution in [0.1, 0.15) is 50.3 Å². The van der Waals surface area contributed by atoms with E-state index in [0.29, 0.717) is 12.1 Å². The second kappa shape index (κ2) is 5.98. The van der Waals surface area contributed by atoms with E-state index < -0.39 is 0 Å². The lowest BCUT2D eigenvalue weighted by molar-refractivity contribution is 0.0559. The molecule has 1 fully saturated rings. The first kappa shape index (κ1) is 14.9. The van der Waals surface area contributed by atoms with Gasteiger partial charge in [-0.2, -0.15) is 0 Å². The Kier molecular flexibility index (Phi) is 4.23. The molecular weight excluding hydrogens is 260 g/mol. The third-order valence-corrected chi connectivity index (χ3v) is 5.43. The topological polar surface area (TPSA) is 38.5 Å². The number of ether oxygens (including phenoxy) is 1. The number of fused-ring (bicyclic) bond motifs is 1. The van der Waals surface area contributed by atoms with E-state index in [0.717, 1.165) is 18.1 Å². The Morgan fingerprint density at radius 1 is 1.19 bits per heavy atom. The van der Waals surface area contributed by atoms with Gasteiger partial charge in [0.25, 0.3) is 0 Å². The third-order valence-electron chi connectivity index (χ3n) is 5.43. The lowest BCUT2D eigenvalue weighted by Gasteiger charge is -2.46. The first-order valence-corrected chi connectivity index (χ1v) is 8.28. The van der Waals surface area contributed by atoms with E-state index in [2.05, 4.69) is 36.9 Å². The number of piperidine rings is 1. The Balaban J connectivity index is 1.85. The number of aryl methyl sites for hydroxylation is 1. The van der Waals surface area contributed by atoms with Crippen molar-refractivity contribution in [1.29, 1.82) is 0 Å². The predicted octanol–water partition coefficient (Wildman–Crippen LogP) is 3.13.